The number of rotatable bonds is 3. The molecule has 1 aliphatic rings. The van der Waals surface area contributed by atoms with Crippen LogP contribution in [0.15, 0.2) is 11.3 Å². The minimum absolute atomic E-state index is 0.158. The molecule has 0 radical (unpaired) electrons. The Balaban J connectivity index is 1.92. The molecule has 0 saturated heterocycles. The second-order valence-electron chi connectivity index (χ2n) is 4.19. The van der Waals surface area contributed by atoms with E-state index in [1.165, 1.54) is 0 Å². The standard InChI is InChI=1S/C11H15N5O2/c1-7-8(6-16(2)15-7)5-12-11(18)9-3-4-10(17)14-13-9/h6H,3-5H2,1-2H3,(H,12,18)(H,14,17). The highest BCUT2D eigenvalue weighted by Crippen LogP contribution is 2.04. The molecule has 7 heteroatoms. The Labute approximate surface area is 104 Å². The fourth-order valence-corrected chi connectivity index (χ4v) is 1.74. The van der Waals surface area contributed by atoms with Gasteiger partial charge in [-0.1, -0.05) is 0 Å². The molecule has 0 unspecified atom stereocenters. The average Bonchev–Trinajstić information content (AvgIpc) is 2.66. The van der Waals surface area contributed by atoms with E-state index in [4.69, 9.17) is 0 Å². The van der Waals surface area contributed by atoms with Crippen LogP contribution >= 0.6 is 0 Å². The van der Waals surface area contributed by atoms with Gasteiger partial charge < -0.3 is 5.32 Å². The minimum atomic E-state index is -0.252. The minimum Gasteiger partial charge on any atom is -0.347 e. The van der Waals surface area contributed by atoms with Crippen molar-refractivity contribution in [1.29, 1.82) is 0 Å². The molecule has 2 N–H and O–H groups in total. The maximum atomic E-state index is 11.8. The number of nitrogens with one attached hydrogen (secondary N) is 2. The maximum absolute atomic E-state index is 11.8. The lowest BCUT2D eigenvalue weighted by Gasteiger charge is -2.11. The van der Waals surface area contributed by atoms with Crippen LogP contribution in [0, 0.1) is 6.92 Å². The zero-order chi connectivity index (χ0) is 13.1. The van der Waals surface area contributed by atoms with Crippen LogP contribution in [0.2, 0.25) is 0 Å². The predicted molar refractivity (Wildman–Crippen MR) is 64.6 cm³/mol. The Morgan fingerprint density at radius 2 is 2.33 bits per heavy atom. The molecule has 2 rings (SSSR count). The number of amides is 2. The first-order valence-electron chi connectivity index (χ1n) is 5.69. The lowest BCUT2D eigenvalue weighted by molar-refractivity contribution is -0.121. The zero-order valence-corrected chi connectivity index (χ0v) is 10.4. The third kappa shape index (κ3) is 2.73. The van der Waals surface area contributed by atoms with Crippen molar-refractivity contribution in [3.63, 3.8) is 0 Å². The van der Waals surface area contributed by atoms with Gasteiger partial charge in [0.25, 0.3) is 5.91 Å². The number of nitrogens with zero attached hydrogens (tertiary/aromatic N) is 3. The molecule has 18 heavy (non-hydrogen) atoms. The summed E-state index contributed by atoms with van der Waals surface area (Å²) in [7, 11) is 1.83. The topological polar surface area (TPSA) is 88.4 Å². The molecule has 1 aliphatic heterocycles. The molecule has 1 aromatic heterocycles. The molecule has 0 atom stereocenters. The molecule has 7 nitrogen and oxygen atoms in total. The van der Waals surface area contributed by atoms with Gasteiger partial charge in [0.1, 0.15) is 5.71 Å². The molecule has 96 valence electrons. The van der Waals surface area contributed by atoms with Gasteiger partial charge in [-0.2, -0.15) is 10.2 Å². The van der Waals surface area contributed by atoms with Crippen molar-refractivity contribution in [2.45, 2.75) is 26.3 Å². The Morgan fingerprint density at radius 3 is 2.89 bits per heavy atom. The van der Waals surface area contributed by atoms with Crippen LogP contribution < -0.4 is 10.7 Å². The summed E-state index contributed by atoms with van der Waals surface area (Å²) in [5, 5.41) is 10.7. The Kier molecular flexibility index (Phi) is 3.40. The number of carbonyl (C=O) groups is 2. The second kappa shape index (κ2) is 4.99. The monoisotopic (exact) mass is 249 g/mol. The van der Waals surface area contributed by atoms with E-state index in [9.17, 15) is 9.59 Å². The summed E-state index contributed by atoms with van der Waals surface area (Å²) >= 11 is 0. The summed E-state index contributed by atoms with van der Waals surface area (Å²) in [4.78, 5) is 22.7. The molecule has 1 aromatic rings. The number of aryl methyl sites for hydroxylation is 2. The molecular weight excluding hydrogens is 234 g/mol. The summed E-state index contributed by atoms with van der Waals surface area (Å²) < 4.78 is 1.70. The van der Waals surface area contributed by atoms with E-state index >= 15 is 0 Å². The summed E-state index contributed by atoms with van der Waals surface area (Å²) in [6, 6.07) is 0. The average molecular weight is 249 g/mol. The van der Waals surface area contributed by atoms with Crippen molar-refractivity contribution >= 4 is 17.5 Å². The van der Waals surface area contributed by atoms with Crippen molar-refractivity contribution < 1.29 is 9.59 Å². The first-order chi connectivity index (χ1) is 8.56. The van der Waals surface area contributed by atoms with E-state index in [1.807, 2.05) is 20.2 Å². The van der Waals surface area contributed by atoms with Crippen molar-refractivity contribution in [3.8, 4) is 0 Å². The Bertz CT molecular complexity index is 518. The van der Waals surface area contributed by atoms with E-state index in [2.05, 4.69) is 20.9 Å². The summed E-state index contributed by atoms with van der Waals surface area (Å²) in [6.45, 7) is 2.30. The first kappa shape index (κ1) is 12.3. The largest absolute Gasteiger partial charge is 0.347 e. The van der Waals surface area contributed by atoms with E-state index in [1.54, 1.807) is 4.68 Å². The molecule has 0 bridgehead atoms. The Morgan fingerprint density at radius 1 is 1.56 bits per heavy atom. The van der Waals surface area contributed by atoms with Gasteiger partial charge in [-0.3, -0.25) is 14.3 Å². The Hall–Kier alpha value is -2.18. The molecule has 2 heterocycles. The molecule has 0 aromatic carbocycles. The molecule has 0 saturated carbocycles. The van der Waals surface area contributed by atoms with Crippen molar-refractivity contribution in [2.24, 2.45) is 12.1 Å². The molecule has 0 aliphatic carbocycles. The van der Waals surface area contributed by atoms with Crippen molar-refractivity contribution in [3.05, 3.63) is 17.5 Å². The lowest BCUT2D eigenvalue weighted by atomic mass is 10.1. The number of aromatic nitrogens is 2. The second-order valence-corrected chi connectivity index (χ2v) is 4.19. The summed E-state index contributed by atoms with van der Waals surface area (Å²) in [6.07, 6.45) is 2.54. The normalized spacial score (nSPS) is 15.0. The smallest absolute Gasteiger partial charge is 0.267 e. The number of carbonyl (C=O) groups excluding carboxylic acids is 2. The molecule has 0 fully saturated rings. The van der Waals surface area contributed by atoms with E-state index in [0.717, 1.165) is 11.3 Å². The van der Waals surface area contributed by atoms with Gasteiger partial charge in [-0.05, 0) is 6.92 Å². The van der Waals surface area contributed by atoms with Gasteiger partial charge in [0.2, 0.25) is 5.91 Å². The third-order valence-corrected chi connectivity index (χ3v) is 2.72. The van der Waals surface area contributed by atoms with E-state index in [-0.39, 0.29) is 11.8 Å². The number of hydrogen-bond donors (Lipinski definition) is 2. The predicted octanol–water partition coefficient (Wildman–Crippen LogP) is -0.389. The number of hydrogen-bond acceptors (Lipinski definition) is 4. The summed E-state index contributed by atoms with van der Waals surface area (Å²) in [5.41, 5.74) is 4.51. The highest BCUT2D eigenvalue weighted by molar-refractivity contribution is 6.39. The highest BCUT2D eigenvalue weighted by atomic mass is 16.2. The fourth-order valence-electron chi connectivity index (χ4n) is 1.74. The lowest BCUT2D eigenvalue weighted by Crippen LogP contribution is -2.36. The van der Waals surface area contributed by atoms with Gasteiger partial charge in [0.15, 0.2) is 0 Å². The van der Waals surface area contributed by atoms with Gasteiger partial charge in [-0.15, -0.1) is 0 Å². The summed E-state index contributed by atoms with van der Waals surface area (Å²) in [5.74, 6) is -0.409. The number of hydrazone groups is 1. The molecular formula is C11H15N5O2. The van der Waals surface area contributed by atoms with Crippen LogP contribution in [-0.2, 0) is 23.2 Å². The van der Waals surface area contributed by atoms with Crippen molar-refractivity contribution in [1.82, 2.24) is 20.5 Å². The highest BCUT2D eigenvalue weighted by Gasteiger charge is 2.18. The van der Waals surface area contributed by atoms with Gasteiger partial charge >= 0.3 is 0 Å². The van der Waals surface area contributed by atoms with Gasteiger partial charge in [0.05, 0.1) is 5.69 Å². The van der Waals surface area contributed by atoms with Gasteiger partial charge in [-0.25, -0.2) is 5.43 Å². The SMILES string of the molecule is Cc1nn(C)cc1CNC(=O)C1=NNC(=O)CC1. The van der Waals surface area contributed by atoms with Crippen LogP contribution in [0.25, 0.3) is 0 Å². The van der Waals surface area contributed by atoms with E-state index < -0.39 is 0 Å². The maximum Gasteiger partial charge on any atom is 0.267 e. The quantitative estimate of drug-likeness (QED) is 0.764. The van der Waals surface area contributed by atoms with Crippen LogP contribution in [0.4, 0.5) is 0 Å². The van der Waals surface area contributed by atoms with Crippen LogP contribution in [-0.4, -0.2) is 27.3 Å². The van der Waals surface area contributed by atoms with Crippen LogP contribution in [0.3, 0.4) is 0 Å². The van der Waals surface area contributed by atoms with Gasteiger partial charge in [0, 0.05) is 38.2 Å². The third-order valence-electron chi connectivity index (χ3n) is 2.72. The van der Waals surface area contributed by atoms with Crippen molar-refractivity contribution in [2.75, 3.05) is 0 Å². The fraction of sp³-hybridized carbons (Fsp3) is 0.455. The van der Waals surface area contributed by atoms with Crippen LogP contribution in [0.1, 0.15) is 24.1 Å². The van der Waals surface area contributed by atoms with Crippen LogP contribution in [0.5, 0.6) is 0 Å². The molecule has 0 spiro atoms. The zero-order valence-electron chi connectivity index (χ0n) is 10.4. The molecule has 2 amide bonds. The van der Waals surface area contributed by atoms with E-state index in [0.29, 0.717) is 25.1 Å². The first-order valence-corrected chi connectivity index (χ1v) is 5.69.